The van der Waals surface area contributed by atoms with E-state index in [9.17, 15) is 9.50 Å². The van der Waals surface area contributed by atoms with Crippen LogP contribution in [0.3, 0.4) is 0 Å². The molecule has 0 unspecified atom stereocenters. The van der Waals surface area contributed by atoms with E-state index >= 15 is 0 Å². The Labute approximate surface area is 104 Å². The van der Waals surface area contributed by atoms with E-state index in [1.54, 1.807) is 30.3 Å². The van der Waals surface area contributed by atoms with Gasteiger partial charge in [0.15, 0.2) is 0 Å². The Kier molecular flexibility index (Phi) is 3.40. The van der Waals surface area contributed by atoms with Crippen molar-refractivity contribution in [3.63, 3.8) is 0 Å². The predicted molar refractivity (Wildman–Crippen MR) is 68.0 cm³/mol. The van der Waals surface area contributed by atoms with E-state index < -0.39 is 0 Å². The Morgan fingerprint density at radius 3 is 2.22 bits per heavy atom. The van der Waals surface area contributed by atoms with Crippen LogP contribution in [0.2, 0.25) is 0 Å². The van der Waals surface area contributed by atoms with Crippen LogP contribution in [0.15, 0.2) is 48.5 Å². The molecule has 0 radical (unpaired) electrons. The van der Waals surface area contributed by atoms with E-state index in [4.69, 9.17) is 5.26 Å². The monoisotopic (exact) mass is 239 g/mol. The Hall–Kier alpha value is -2.60. The summed E-state index contributed by atoms with van der Waals surface area (Å²) in [6.07, 6.45) is 1.67. The molecule has 0 bridgehead atoms. The van der Waals surface area contributed by atoms with Crippen LogP contribution < -0.4 is 0 Å². The Morgan fingerprint density at radius 1 is 1.06 bits per heavy atom. The smallest absolute Gasteiger partial charge is 0.123 e. The minimum absolute atomic E-state index is 0.151. The number of hydrogen-bond acceptors (Lipinski definition) is 2. The molecule has 2 nitrogen and oxygen atoms in total. The minimum Gasteiger partial charge on any atom is -0.508 e. The zero-order valence-electron chi connectivity index (χ0n) is 9.47. The van der Waals surface area contributed by atoms with E-state index in [2.05, 4.69) is 6.07 Å². The zero-order valence-corrected chi connectivity index (χ0v) is 9.47. The number of rotatable bonds is 2. The van der Waals surface area contributed by atoms with E-state index in [0.717, 1.165) is 5.56 Å². The summed E-state index contributed by atoms with van der Waals surface area (Å²) in [6, 6.07) is 14.3. The highest BCUT2D eigenvalue weighted by Gasteiger charge is 2.01. The maximum atomic E-state index is 12.8. The highest BCUT2D eigenvalue weighted by atomic mass is 19.1. The molecule has 0 atom stereocenters. The summed E-state index contributed by atoms with van der Waals surface area (Å²) in [5, 5.41) is 18.3. The lowest BCUT2D eigenvalue weighted by Gasteiger charge is -2.00. The quantitative estimate of drug-likeness (QED) is 0.642. The van der Waals surface area contributed by atoms with Gasteiger partial charge in [0.1, 0.15) is 11.6 Å². The lowest BCUT2D eigenvalue weighted by atomic mass is 10.0. The van der Waals surface area contributed by atoms with Crippen LogP contribution in [0.1, 0.15) is 11.1 Å². The maximum Gasteiger partial charge on any atom is 0.123 e. The van der Waals surface area contributed by atoms with Crippen LogP contribution in [0.25, 0.3) is 11.6 Å². The second-order valence-corrected chi connectivity index (χ2v) is 3.77. The van der Waals surface area contributed by atoms with Gasteiger partial charge in [-0.15, -0.1) is 0 Å². The molecule has 2 aromatic carbocycles. The van der Waals surface area contributed by atoms with Gasteiger partial charge in [-0.2, -0.15) is 5.26 Å². The van der Waals surface area contributed by atoms with Crippen molar-refractivity contribution in [1.82, 2.24) is 0 Å². The second-order valence-electron chi connectivity index (χ2n) is 3.77. The van der Waals surface area contributed by atoms with Crippen LogP contribution in [0.4, 0.5) is 4.39 Å². The summed E-state index contributed by atoms with van der Waals surface area (Å²) in [6.45, 7) is 0. The molecule has 0 fully saturated rings. The fourth-order valence-corrected chi connectivity index (χ4v) is 1.55. The van der Waals surface area contributed by atoms with E-state index in [1.165, 1.54) is 24.3 Å². The van der Waals surface area contributed by atoms with Crippen molar-refractivity contribution >= 4 is 11.6 Å². The van der Waals surface area contributed by atoms with Crippen molar-refractivity contribution in [3.8, 4) is 11.8 Å². The van der Waals surface area contributed by atoms with Crippen molar-refractivity contribution < 1.29 is 9.50 Å². The number of allylic oxidation sites excluding steroid dienone is 1. The number of phenolic OH excluding ortho intramolecular Hbond substituents is 1. The molecule has 0 aliphatic carbocycles. The van der Waals surface area contributed by atoms with E-state index in [-0.39, 0.29) is 11.6 Å². The van der Waals surface area contributed by atoms with Gasteiger partial charge < -0.3 is 5.11 Å². The molecule has 1 N–H and O–H groups in total. The fourth-order valence-electron chi connectivity index (χ4n) is 1.55. The number of phenols is 1. The first-order valence-electron chi connectivity index (χ1n) is 5.36. The lowest BCUT2D eigenvalue weighted by molar-refractivity contribution is 0.475. The molecule has 2 rings (SSSR count). The summed E-state index contributed by atoms with van der Waals surface area (Å²) in [7, 11) is 0. The number of nitriles is 1. The van der Waals surface area contributed by atoms with Crippen molar-refractivity contribution in [2.75, 3.05) is 0 Å². The zero-order chi connectivity index (χ0) is 13.0. The van der Waals surface area contributed by atoms with Gasteiger partial charge >= 0.3 is 0 Å². The van der Waals surface area contributed by atoms with Crippen LogP contribution >= 0.6 is 0 Å². The number of aromatic hydroxyl groups is 1. The molecule has 88 valence electrons. The highest BCUT2D eigenvalue weighted by Crippen LogP contribution is 2.20. The Morgan fingerprint density at radius 2 is 1.67 bits per heavy atom. The summed E-state index contributed by atoms with van der Waals surface area (Å²) in [4.78, 5) is 0. The van der Waals surface area contributed by atoms with Crippen LogP contribution in [0.5, 0.6) is 5.75 Å². The molecule has 0 amide bonds. The molecule has 0 aliphatic rings. The molecule has 2 aromatic rings. The van der Waals surface area contributed by atoms with E-state index in [0.29, 0.717) is 11.1 Å². The minimum atomic E-state index is -0.310. The number of halogens is 1. The topological polar surface area (TPSA) is 44.0 Å². The molecule has 0 spiro atoms. The first kappa shape index (κ1) is 11.9. The summed E-state index contributed by atoms with van der Waals surface area (Å²) < 4.78 is 12.8. The normalized spacial score (nSPS) is 11.0. The average Bonchev–Trinajstić information content (AvgIpc) is 2.39. The van der Waals surface area contributed by atoms with Gasteiger partial charge in [-0.1, -0.05) is 12.1 Å². The maximum absolute atomic E-state index is 12.8. The highest BCUT2D eigenvalue weighted by molar-refractivity contribution is 5.89. The molecule has 18 heavy (non-hydrogen) atoms. The molecule has 0 aliphatic heterocycles. The molecular formula is C15H10FNO. The van der Waals surface area contributed by atoms with Gasteiger partial charge in [-0.25, -0.2) is 4.39 Å². The van der Waals surface area contributed by atoms with Crippen LogP contribution in [-0.2, 0) is 0 Å². The molecule has 0 aromatic heterocycles. The molecule has 0 heterocycles. The SMILES string of the molecule is N#C/C(=C\c1ccc(F)cc1)c1ccc(O)cc1. The number of hydrogen-bond donors (Lipinski definition) is 1. The van der Waals surface area contributed by atoms with Gasteiger partial charge in [0.2, 0.25) is 0 Å². The third kappa shape index (κ3) is 2.74. The van der Waals surface area contributed by atoms with Gasteiger partial charge in [-0.05, 0) is 53.6 Å². The third-order valence-electron chi connectivity index (χ3n) is 2.48. The molecule has 0 saturated heterocycles. The van der Waals surface area contributed by atoms with Gasteiger partial charge in [-0.3, -0.25) is 0 Å². The van der Waals surface area contributed by atoms with Crippen molar-refractivity contribution in [3.05, 3.63) is 65.5 Å². The standard InChI is InChI=1S/C15H10FNO/c16-14-5-1-11(2-6-14)9-13(10-17)12-3-7-15(18)8-4-12/h1-9,18H/b13-9+. The Balaban J connectivity index is 2.37. The van der Waals surface area contributed by atoms with Gasteiger partial charge in [0.25, 0.3) is 0 Å². The van der Waals surface area contributed by atoms with Crippen LogP contribution in [-0.4, -0.2) is 5.11 Å². The summed E-state index contributed by atoms with van der Waals surface area (Å²) >= 11 is 0. The summed E-state index contributed by atoms with van der Waals surface area (Å²) in [5.41, 5.74) is 1.92. The first-order valence-corrected chi connectivity index (χ1v) is 5.36. The van der Waals surface area contributed by atoms with Crippen molar-refractivity contribution in [2.24, 2.45) is 0 Å². The first-order chi connectivity index (χ1) is 8.69. The van der Waals surface area contributed by atoms with Gasteiger partial charge in [0, 0.05) is 0 Å². The molecule has 3 heteroatoms. The number of benzene rings is 2. The summed E-state index contributed by atoms with van der Waals surface area (Å²) in [5.74, 6) is -0.159. The molecule has 0 saturated carbocycles. The number of nitrogens with zero attached hydrogens (tertiary/aromatic N) is 1. The Bertz CT molecular complexity index is 606. The largest absolute Gasteiger partial charge is 0.508 e. The van der Waals surface area contributed by atoms with Crippen molar-refractivity contribution in [1.29, 1.82) is 5.26 Å². The van der Waals surface area contributed by atoms with Crippen LogP contribution in [0, 0.1) is 17.1 Å². The van der Waals surface area contributed by atoms with Crippen molar-refractivity contribution in [2.45, 2.75) is 0 Å². The third-order valence-corrected chi connectivity index (χ3v) is 2.48. The average molecular weight is 239 g/mol. The van der Waals surface area contributed by atoms with E-state index in [1.807, 2.05) is 0 Å². The second kappa shape index (κ2) is 5.15. The fraction of sp³-hybridized carbons (Fsp3) is 0. The predicted octanol–water partition coefficient (Wildman–Crippen LogP) is 3.60. The lowest BCUT2D eigenvalue weighted by Crippen LogP contribution is -1.82. The molecular weight excluding hydrogens is 229 g/mol. The van der Waals surface area contributed by atoms with Gasteiger partial charge in [0.05, 0.1) is 11.6 Å².